The fraction of sp³-hybridized carbons (Fsp3) is 0.435. The Balaban J connectivity index is 0.00000210. The van der Waals surface area contributed by atoms with E-state index < -0.39 is 0 Å². The molecule has 4 heteroatoms. The van der Waals surface area contributed by atoms with Gasteiger partial charge in [0.1, 0.15) is 0 Å². The van der Waals surface area contributed by atoms with Crippen molar-refractivity contribution in [2.45, 2.75) is 52.4 Å². The summed E-state index contributed by atoms with van der Waals surface area (Å²) in [5.74, 6) is 0. The first-order valence-corrected chi connectivity index (χ1v) is 10.0. The normalized spacial score (nSPS) is 20.9. The van der Waals surface area contributed by atoms with E-state index in [9.17, 15) is 0 Å². The van der Waals surface area contributed by atoms with Crippen LogP contribution in [-0.4, -0.2) is 7.05 Å². The van der Waals surface area contributed by atoms with E-state index in [0.29, 0.717) is 0 Å². The zero-order valence-corrected chi connectivity index (χ0v) is 21.1. The van der Waals surface area contributed by atoms with Crippen LogP contribution in [0.15, 0.2) is 34.8 Å². The Morgan fingerprint density at radius 3 is 2.04 bits per heavy atom. The summed E-state index contributed by atoms with van der Waals surface area (Å²) in [6, 6.07) is 14.3. The van der Waals surface area contributed by atoms with E-state index in [-0.39, 0.29) is 36.4 Å². The van der Waals surface area contributed by atoms with E-state index in [1.807, 2.05) is 12.1 Å². The standard InChI is InChI=1S/C23H27BrN2.Ir/c1-21(2)17-12-19-20(13-18(17)22(3,4)23(21,5)6)26(14-25(19)7)16-10-8-9-15(24)11-16;/h8-9,11-14H,1-7H3;/q-2;. The number of nitrogens with zero attached hydrogens (tertiary/aromatic N) is 2. The molecule has 27 heavy (non-hydrogen) atoms. The third-order valence-corrected chi connectivity index (χ3v) is 8.02. The molecule has 2 aliphatic rings. The Labute approximate surface area is 185 Å². The number of hydrogen-bond donors (Lipinski definition) is 0. The summed E-state index contributed by atoms with van der Waals surface area (Å²) in [4.78, 5) is 4.47. The minimum Gasteiger partial charge on any atom is -0.504 e. The van der Waals surface area contributed by atoms with Crippen LogP contribution in [0.2, 0.25) is 0 Å². The predicted molar refractivity (Wildman–Crippen MR) is 114 cm³/mol. The molecule has 4 rings (SSSR count). The summed E-state index contributed by atoms with van der Waals surface area (Å²) in [7, 11) is 2.13. The van der Waals surface area contributed by atoms with Gasteiger partial charge in [0.2, 0.25) is 0 Å². The SMILES string of the molecule is CN1[CH-]N(c2[c-]ccc(Br)c2)c2cc3c(cc21)C(C)(C)C(C)(C)C3(C)C.[Ir]. The van der Waals surface area contributed by atoms with Gasteiger partial charge in [-0.05, 0) is 46.6 Å². The van der Waals surface area contributed by atoms with Crippen molar-refractivity contribution >= 4 is 33.0 Å². The van der Waals surface area contributed by atoms with Gasteiger partial charge in [0.05, 0.1) is 0 Å². The Morgan fingerprint density at radius 1 is 0.926 bits per heavy atom. The Hall–Kier alpha value is -0.831. The van der Waals surface area contributed by atoms with E-state index in [1.165, 1.54) is 22.5 Å². The second-order valence-corrected chi connectivity index (χ2v) is 10.2. The molecule has 0 spiro atoms. The first-order valence-electron chi connectivity index (χ1n) is 9.22. The van der Waals surface area contributed by atoms with Crippen molar-refractivity contribution in [1.29, 1.82) is 0 Å². The van der Waals surface area contributed by atoms with Gasteiger partial charge in [-0.1, -0.05) is 61.9 Å². The second-order valence-electron chi connectivity index (χ2n) is 9.25. The van der Waals surface area contributed by atoms with Crippen molar-refractivity contribution in [3.63, 3.8) is 0 Å². The molecule has 0 N–H and O–H groups in total. The summed E-state index contributed by atoms with van der Waals surface area (Å²) in [6.45, 7) is 16.6. The molecule has 0 atom stereocenters. The quantitative estimate of drug-likeness (QED) is 0.342. The summed E-state index contributed by atoms with van der Waals surface area (Å²) >= 11 is 3.59. The van der Waals surface area contributed by atoms with E-state index in [0.717, 1.165) is 10.2 Å². The molecule has 1 aliphatic carbocycles. The van der Waals surface area contributed by atoms with Gasteiger partial charge in [-0.2, -0.15) is 24.9 Å². The largest absolute Gasteiger partial charge is 0.504 e. The minimum absolute atomic E-state index is 0. The molecular formula is C23H27BrIrN2-2. The maximum atomic E-state index is 3.59. The van der Waals surface area contributed by atoms with Crippen LogP contribution < -0.4 is 9.80 Å². The molecule has 0 saturated heterocycles. The van der Waals surface area contributed by atoms with Crippen molar-refractivity contribution in [3.8, 4) is 0 Å². The molecule has 147 valence electrons. The van der Waals surface area contributed by atoms with Crippen molar-refractivity contribution in [3.05, 3.63) is 58.7 Å². The number of rotatable bonds is 1. The van der Waals surface area contributed by atoms with Crippen molar-refractivity contribution in [1.82, 2.24) is 0 Å². The Kier molecular flexibility index (Phi) is 4.90. The van der Waals surface area contributed by atoms with E-state index in [1.54, 1.807) is 0 Å². The molecule has 0 aromatic heterocycles. The fourth-order valence-corrected chi connectivity index (χ4v) is 4.95. The molecule has 0 bridgehead atoms. The van der Waals surface area contributed by atoms with Crippen molar-refractivity contribution < 1.29 is 20.1 Å². The first-order chi connectivity index (χ1) is 12.0. The van der Waals surface area contributed by atoms with Gasteiger partial charge in [0, 0.05) is 31.5 Å². The van der Waals surface area contributed by atoms with E-state index >= 15 is 0 Å². The van der Waals surface area contributed by atoms with Crippen LogP contribution in [0.1, 0.15) is 52.7 Å². The van der Waals surface area contributed by atoms with Crippen LogP contribution in [0, 0.1) is 18.2 Å². The summed E-state index contributed by atoms with van der Waals surface area (Å²) in [6.07, 6.45) is 0. The van der Waals surface area contributed by atoms with Crippen LogP contribution in [0.4, 0.5) is 17.1 Å². The topological polar surface area (TPSA) is 6.48 Å². The van der Waals surface area contributed by atoms with Crippen LogP contribution in [0.3, 0.4) is 0 Å². The molecule has 0 fully saturated rings. The number of fused-ring (bicyclic) bond motifs is 2. The van der Waals surface area contributed by atoms with Crippen LogP contribution in [-0.2, 0) is 30.9 Å². The average Bonchev–Trinajstić information content (AvgIpc) is 2.93. The summed E-state index contributed by atoms with van der Waals surface area (Å²) < 4.78 is 1.07. The summed E-state index contributed by atoms with van der Waals surface area (Å²) in [5, 5.41) is 0. The minimum atomic E-state index is 0. The molecule has 1 aliphatic heterocycles. The van der Waals surface area contributed by atoms with E-state index in [2.05, 4.69) is 105 Å². The average molecular weight is 604 g/mol. The maximum Gasteiger partial charge on any atom is 0.0329 e. The molecule has 0 saturated carbocycles. The van der Waals surface area contributed by atoms with Crippen LogP contribution in [0.5, 0.6) is 0 Å². The van der Waals surface area contributed by atoms with Crippen LogP contribution in [0.25, 0.3) is 0 Å². The Bertz CT molecular complexity index is 901. The molecular weight excluding hydrogens is 576 g/mol. The third kappa shape index (κ3) is 2.67. The number of anilines is 3. The molecule has 1 heterocycles. The fourth-order valence-electron chi connectivity index (χ4n) is 4.60. The third-order valence-electron chi connectivity index (χ3n) is 7.52. The molecule has 2 aromatic rings. The monoisotopic (exact) mass is 603 g/mol. The predicted octanol–water partition coefficient (Wildman–Crippen LogP) is 6.55. The van der Waals surface area contributed by atoms with Gasteiger partial charge in [-0.15, -0.1) is 11.8 Å². The zero-order valence-electron chi connectivity index (χ0n) is 17.1. The molecule has 0 amide bonds. The van der Waals surface area contributed by atoms with Gasteiger partial charge >= 0.3 is 0 Å². The summed E-state index contributed by atoms with van der Waals surface area (Å²) in [5.41, 5.74) is 6.90. The van der Waals surface area contributed by atoms with E-state index in [4.69, 9.17) is 0 Å². The van der Waals surface area contributed by atoms with Crippen LogP contribution >= 0.6 is 15.9 Å². The smallest absolute Gasteiger partial charge is 0.0329 e. The van der Waals surface area contributed by atoms with Gasteiger partial charge in [0.25, 0.3) is 0 Å². The van der Waals surface area contributed by atoms with Crippen molar-refractivity contribution in [2.75, 3.05) is 16.8 Å². The number of hydrogen-bond acceptors (Lipinski definition) is 2. The maximum absolute atomic E-state index is 3.59. The molecule has 2 aromatic carbocycles. The Morgan fingerprint density at radius 2 is 1.48 bits per heavy atom. The second kappa shape index (κ2) is 6.34. The van der Waals surface area contributed by atoms with Gasteiger partial charge in [0.15, 0.2) is 0 Å². The number of benzene rings is 2. The van der Waals surface area contributed by atoms with Crippen molar-refractivity contribution in [2.24, 2.45) is 5.41 Å². The number of halogens is 1. The molecule has 1 radical (unpaired) electrons. The molecule has 2 nitrogen and oxygen atoms in total. The zero-order chi connectivity index (χ0) is 19.1. The molecule has 0 unspecified atom stereocenters. The van der Waals surface area contributed by atoms with Gasteiger partial charge in [-0.25, -0.2) is 0 Å². The first kappa shape index (κ1) is 20.9. The van der Waals surface area contributed by atoms with Gasteiger partial charge in [-0.3, -0.25) is 0 Å². The van der Waals surface area contributed by atoms with Gasteiger partial charge < -0.3 is 9.80 Å².